The van der Waals surface area contributed by atoms with Gasteiger partial charge in [0.05, 0.1) is 0 Å². The number of piperidine rings is 1. The maximum absolute atomic E-state index is 4.10. The first-order valence-corrected chi connectivity index (χ1v) is 5.62. The summed E-state index contributed by atoms with van der Waals surface area (Å²) in [4.78, 5) is 8.20. The van der Waals surface area contributed by atoms with Crippen LogP contribution in [0.15, 0.2) is 24.8 Å². The number of nitrogens with one attached hydrogen (secondary N) is 1. The molecule has 1 saturated heterocycles. The van der Waals surface area contributed by atoms with Crippen molar-refractivity contribution < 1.29 is 0 Å². The minimum atomic E-state index is 0.706. The Morgan fingerprint density at radius 3 is 3.00 bits per heavy atom. The number of hydrogen-bond donors (Lipinski definition) is 1. The van der Waals surface area contributed by atoms with E-state index >= 15 is 0 Å². The fraction of sp³-hybridized carbons (Fsp3) is 0.500. The third-order valence-electron chi connectivity index (χ3n) is 3.45. The summed E-state index contributed by atoms with van der Waals surface area (Å²) in [5.41, 5.74) is 2.68. The van der Waals surface area contributed by atoms with E-state index in [0.717, 1.165) is 18.9 Å². The van der Waals surface area contributed by atoms with Crippen LogP contribution in [0.4, 0.5) is 0 Å². The summed E-state index contributed by atoms with van der Waals surface area (Å²) in [6.07, 6.45) is 11.5. The molecule has 2 aliphatic rings. The summed E-state index contributed by atoms with van der Waals surface area (Å²) in [5, 5.41) is 3.55. The molecule has 1 N–H and O–H groups in total. The van der Waals surface area contributed by atoms with E-state index in [-0.39, 0.29) is 0 Å². The van der Waals surface area contributed by atoms with Crippen LogP contribution in [0.5, 0.6) is 0 Å². The molecule has 1 aliphatic heterocycles. The van der Waals surface area contributed by atoms with Crippen molar-refractivity contribution in [2.75, 3.05) is 6.54 Å². The first-order valence-electron chi connectivity index (χ1n) is 5.62. The molecule has 0 amide bonds. The Morgan fingerprint density at radius 1 is 1.27 bits per heavy atom. The predicted octanol–water partition coefficient (Wildman–Crippen LogP) is 1.63. The molecular weight excluding hydrogens is 186 g/mol. The Bertz CT molecular complexity index is 372. The molecule has 0 aromatic carbocycles. The summed E-state index contributed by atoms with van der Waals surface area (Å²) in [5.74, 6) is 0.719. The number of nitrogens with zero attached hydrogens (tertiary/aromatic N) is 2. The monoisotopic (exact) mass is 201 g/mol. The second-order valence-corrected chi connectivity index (χ2v) is 4.39. The Morgan fingerprint density at radius 2 is 2.13 bits per heavy atom. The number of aromatic nitrogens is 2. The summed E-state index contributed by atoms with van der Waals surface area (Å²) in [7, 11) is 0. The SMILES string of the molecule is C1=C(c2cncnc2)C2CCNC(C1)C2. The molecule has 2 bridgehead atoms. The van der Waals surface area contributed by atoms with Gasteiger partial charge >= 0.3 is 0 Å². The Hall–Kier alpha value is -1.22. The lowest BCUT2D eigenvalue weighted by molar-refractivity contribution is 0.339. The summed E-state index contributed by atoms with van der Waals surface area (Å²) < 4.78 is 0. The van der Waals surface area contributed by atoms with Gasteiger partial charge in [-0.1, -0.05) is 6.08 Å². The number of fused-ring (bicyclic) bond motifs is 2. The zero-order valence-corrected chi connectivity index (χ0v) is 8.69. The molecular formula is C12H15N3. The van der Waals surface area contributed by atoms with Crippen LogP contribution >= 0.6 is 0 Å². The lowest BCUT2D eigenvalue weighted by atomic mass is 9.78. The number of rotatable bonds is 1. The first-order chi connectivity index (χ1) is 7.43. The average molecular weight is 201 g/mol. The van der Waals surface area contributed by atoms with E-state index in [1.54, 1.807) is 6.33 Å². The molecule has 2 atom stereocenters. The quantitative estimate of drug-likeness (QED) is 0.750. The van der Waals surface area contributed by atoms with Gasteiger partial charge in [-0.2, -0.15) is 0 Å². The van der Waals surface area contributed by atoms with E-state index in [2.05, 4.69) is 21.4 Å². The lowest BCUT2D eigenvalue weighted by Gasteiger charge is -2.35. The third-order valence-corrected chi connectivity index (χ3v) is 3.45. The largest absolute Gasteiger partial charge is 0.314 e. The van der Waals surface area contributed by atoms with Crippen molar-refractivity contribution in [3.05, 3.63) is 30.4 Å². The second kappa shape index (κ2) is 3.74. The molecule has 0 spiro atoms. The van der Waals surface area contributed by atoms with Gasteiger partial charge < -0.3 is 5.32 Å². The smallest absolute Gasteiger partial charge is 0.115 e. The van der Waals surface area contributed by atoms with Crippen LogP contribution < -0.4 is 5.32 Å². The van der Waals surface area contributed by atoms with E-state index < -0.39 is 0 Å². The zero-order valence-electron chi connectivity index (χ0n) is 8.69. The molecule has 2 unspecified atom stereocenters. The third kappa shape index (κ3) is 1.67. The van der Waals surface area contributed by atoms with Gasteiger partial charge in [0.1, 0.15) is 6.33 Å². The number of hydrogen-bond acceptors (Lipinski definition) is 3. The van der Waals surface area contributed by atoms with Crippen LogP contribution in [0.25, 0.3) is 5.57 Å². The van der Waals surface area contributed by atoms with Crippen LogP contribution in [0.2, 0.25) is 0 Å². The van der Waals surface area contributed by atoms with Gasteiger partial charge in [-0.15, -0.1) is 0 Å². The van der Waals surface area contributed by atoms with Gasteiger partial charge in [-0.25, -0.2) is 9.97 Å². The van der Waals surface area contributed by atoms with Crippen molar-refractivity contribution in [1.82, 2.24) is 15.3 Å². The highest BCUT2D eigenvalue weighted by molar-refractivity contribution is 5.67. The van der Waals surface area contributed by atoms with Crippen LogP contribution in [-0.4, -0.2) is 22.6 Å². The standard InChI is InChI=1S/C12H15N3/c1-2-12(10-6-13-8-14-7-10)9-3-4-15-11(1)5-9/h2,6-9,11,15H,1,3-5H2. The van der Waals surface area contributed by atoms with Crippen molar-refractivity contribution >= 4 is 5.57 Å². The molecule has 78 valence electrons. The molecule has 1 aliphatic carbocycles. The van der Waals surface area contributed by atoms with Gasteiger partial charge in [-0.05, 0) is 37.3 Å². The van der Waals surface area contributed by atoms with E-state index in [0.29, 0.717) is 6.04 Å². The summed E-state index contributed by atoms with van der Waals surface area (Å²) in [6, 6.07) is 0.706. The minimum Gasteiger partial charge on any atom is -0.314 e. The van der Waals surface area contributed by atoms with E-state index in [4.69, 9.17) is 0 Å². The van der Waals surface area contributed by atoms with E-state index in [9.17, 15) is 0 Å². The summed E-state index contributed by atoms with van der Waals surface area (Å²) in [6.45, 7) is 1.15. The highest BCUT2D eigenvalue weighted by atomic mass is 14.9. The van der Waals surface area contributed by atoms with E-state index in [1.807, 2.05) is 12.4 Å². The highest BCUT2D eigenvalue weighted by Crippen LogP contribution is 2.36. The fourth-order valence-electron chi connectivity index (χ4n) is 2.71. The fourth-order valence-corrected chi connectivity index (χ4v) is 2.71. The van der Waals surface area contributed by atoms with Crippen molar-refractivity contribution in [2.45, 2.75) is 25.3 Å². The lowest BCUT2D eigenvalue weighted by Crippen LogP contribution is -2.40. The Balaban J connectivity index is 1.93. The van der Waals surface area contributed by atoms with Crippen LogP contribution in [0.3, 0.4) is 0 Å². The molecule has 0 saturated carbocycles. The molecule has 0 radical (unpaired) electrons. The number of allylic oxidation sites excluding steroid dienone is 1. The maximum Gasteiger partial charge on any atom is 0.115 e. The van der Waals surface area contributed by atoms with Crippen molar-refractivity contribution in [2.24, 2.45) is 5.92 Å². The molecule has 15 heavy (non-hydrogen) atoms. The molecule has 2 heterocycles. The summed E-state index contributed by atoms with van der Waals surface area (Å²) >= 11 is 0. The molecule has 3 rings (SSSR count). The topological polar surface area (TPSA) is 37.8 Å². The maximum atomic E-state index is 4.10. The molecule has 1 fully saturated rings. The Kier molecular flexibility index (Phi) is 2.25. The Labute approximate surface area is 89.6 Å². The van der Waals surface area contributed by atoms with Crippen molar-refractivity contribution in [1.29, 1.82) is 0 Å². The molecule has 1 aromatic rings. The van der Waals surface area contributed by atoms with Gasteiger partial charge in [0, 0.05) is 24.0 Å². The van der Waals surface area contributed by atoms with Crippen LogP contribution in [0.1, 0.15) is 24.8 Å². The van der Waals surface area contributed by atoms with Gasteiger partial charge in [0.25, 0.3) is 0 Å². The van der Waals surface area contributed by atoms with E-state index in [1.165, 1.54) is 24.0 Å². The van der Waals surface area contributed by atoms with Gasteiger partial charge in [0.15, 0.2) is 0 Å². The molecule has 1 aromatic heterocycles. The normalized spacial score (nSPS) is 29.7. The molecule has 3 nitrogen and oxygen atoms in total. The predicted molar refractivity (Wildman–Crippen MR) is 59.1 cm³/mol. The van der Waals surface area contributed by atoms with Crippen LogP contribution in [-0.2, 0) is 0 Å². The highest BCUT2D eigenvalue weighted by Gasteiger charge is 2.28. The average Bonchev–Trinajstić information content (AvgIpc) is 2.31. The second-order valence-electron chi connectivity index (χ2n) is 4.39. The van der Waals surface area contributed by atoms with Crippen molar-refractivity contribution in [3.8, 4) is 0 Å². The first kappa shape index (κ1) is 9.04. The minimum absolute atomic E-state index is 0.706. The van der Waals surface area contributed by atoms with Crippen molar-refractivity contribution in [3.63, 3.8) is 0 Å². The van der Waals surface area contributed by atoms with Gasteiger partial charge in [-0.3, -0.25) is 0 Å². The molecule has 3 heteroatoms. The zero-order chi connectivity index (χ0) is 10.1. The van der Waals surface area contributed by atoms with Crippen LogP contribution in [0, 0.1) is 5.92 Å². The van der Waals surface area contributed by atoms with Gasteiger partial charge in [0.2, 0.25) is 0 Å².